The average molecular weight is 244 g/mol. The number of hydrogen-bond acceptors (Lipinski definition) is 5. The van der Waals surface area contributed by atoms with E-state index in [-0.39, 0.29) is 19.4 Å². The summed E-state index contributed by atoms with van der Waals surface area (Å²) in [7, 11) is 0. The highest BCUT2D eigenvalue weighted by Gasteiger charge is 2.38. The Hall–Kier alpha value is -1.66. The first-order valence-electron chi connectivity index (χ1n) is 5.37. The van der Waals surface area contributed by atoms with Crippen LogP contribution >= 0.6 is 0 Å². The van der Waals surface area contributed by atoms with Crippen molar-refractivity contribution >= 4 is 12.0 Å². The molecule has 1 atom stereocenters. The molecule has 0 aliphatic carbocycles. The number of likely N-dealkylation sites (tertiary alicyclic amines) is 1. The first-order valence-corrected chi connectivity index (χ1v) is 5.37. The molecule has 0 bridgehead atoms. The number of rotatable bonds is 1. The summed E-state index contributed by atoms with van der Waals surface area (Å²) in [5, 5.41) is 10.6. The van der Waals surface area contributed by atoms with Crippen molar-refractivity contribution < 1.29 is 19.2 Å². The highest BCUT2D eigenvalue weighted by molar-refractivity contribution is 5.92. The van der Waals surface area contributed by atoms with Crippen molar-refractivity contribution in [3.8, 4) is 0 Å². The molecule has 96 valence electrons. The predicted octanol–water partition coefficient (Wildman–Crippen LogP) is 1.19. The maximum absolute atomic E-state index is 11.7. The van der Waals surface area contributed by atoms with Crippen LogP contribution in [0.25, 0.3) is 0 Å². The van der Waals surface area contributed by atoms with Crippen LogP contribution in [0, 0.1) is 10.1 Å². The van der Waals surface area contributed by atoms with Gasteiger partial charge in [-0.1, -0.05) is 0 Å². The van der Waals surface area contributed by atoms with E-state index in [0.717, 1.165) is 4.90 Å². The van der Waals surface area contributed by atoms with Gasteiger partial charge in [-0.2, -0.15) is 0 Å². The molecule has 7 heteroatoms. The molecular formula is C10H16N2O5. The lowest BCUT2D eigenvalue weighted by molar-refractivity contribution is -0.524. The van der Waals surface area contributed by atoms with Crippen molar-refractivity contribution in [3.05, 3.63) is 10.1 Å². The zero-order valence-electron chi connectivity index (χ0n) is 10.1. The van der Waals surface area contributed by atoms with E-state index >= 15 is 0 Å². The van der Waals surface area contributed by atoms with Crippen LogP contribution in [0.3, 0.4) is 0 Å². The van der Waals surface area contributed by atoms with Gasteiger partial charge in [0.25, 0.3) is 0 Å². The molecule has 1 rings (SSSR count). The molecule has 1 aliphatic rings. The van der Waals surface area contributed by atoms with Gasteiger partial charge in [0.15, 0.2) is 0 Å². The fourth-order valence-corrected chi connectivity index (χ4v) is 1.49. The van der Waals surface area contributed by atoms with Crippen LogP contribution in [-0.4, -0.2) is 40.0 Å². The van der Waals surface area contributed by atoms with Crippen molar-refractivity contribution in [2.45, 2.75) is 45.3 Å². The van der Waals surface area contributed by atoms with Gasteiger partial charge < -0.3 is 4.74 Å². The highest BCUT2D eigenvalue weighted by atomic mass is 16.6. The summed E-state index contributed by atoms with van der Waals surface area (Å²) in [6, 6.07) is -0.889. The van der Waals surface area contributed by atoms with Gasteiger partial charge in [0.1, 0.15) is 5.60 Å². The Balaban J connectivity index is 2.70. The fraction of sp³-hybridized carbons (Fsp3) is 0.800. The van der Waals surface area contributed by atoms with Crippen molar-refractivity contribution in [1.82, 2.24) is 4.90 Å². The van der Waals surface area contributed by atoms with Crippen molar-refractivity contribution in [3.63, 3.8) is 0 Å². The van der Waals surface area contributed by atoms with Gasteiger partial charge in [0.05, 0.1) is 6.54 Å². The number of ether oxygens (including phenoxy) is 1. The summed E-state index contributed by atoms with van der Waals surface area (Å²) < 4.78 is 5.02. The van der Waals surface area contributed by atoms with Gasteiger partial charge in [-0.05, 0) is 20.8 Å². The molecule has 1 aliphatic heterocycles. The third-order valence-electron chi connectivity index (χ3n) is 2.30. The normalized spacial score (nSPS) is 21.2. The van der Waals surface area contributed by atoms with Crippen LogP contribution < -0.4 is 0 Å². The molecule has 7 nitrogen and oxygen atoms in total. The number of piperidine rings is 1. The Labute approximate surface area is 98.9 Å². The minimum absolute atomic E-state index is 0.00485. The van der Waals surface area contributed by atoms with E-state index < -0.39 is 28.6 Å². The topological polar surface area (TPSA) is 89.8 Å². The minimum Gasteiger partial charge on any atom is -0.443 e. The summed E-state index contributed by atoms with van der Waals surface area (Å²) in [5.74, 6) is -0.419. The van der Waals surface area contributed by atoms with Crippen molar-refractivity contribution in [2.75, 3.05) is 6.54 Å². The quantitative estimate of drug-likeness (QED) is 0.510. The largest absolute Gasteiger partial charge is 0.443 e. The number of nitro groups is 1. The molecule has 0 spiro atoms. The molecule has 0 aromatic rings. The number of hydrogen-bond donors (Lipinski definition) is 0. The Morgan fingerprint density at radius 2 is 2.12 bits per heavy atom. The first-order chi connectivity index (χ1) is 7.70. The number of carbonyl (C=O) groups excluding carboxylic acids is 2. The Kier molecular flexibility index (Phi) is 3.69. The molecule has 0 radical (unpaired) electrons. The van der Waals surface area contributed by atoms with Crippen LogP contribution in [0.2, 0.25) is 0 Å². The second-order valence-electron chi connectivity index (χ2n) is 4.96. The van der Waals surface area contributed by atoms with Gasteiger partial charge in [-0.25, -0.2) is 9.69 Å². The van der Waals surface area contributed by atoms with Crippen LogP contribution in [0.4, 0.5) is 4.79 Å². The van der Waals surface area contributed by atoms with Crippen LogP contribution in [0.1, 0.15) is 33.6 Å². The van der Waals surface area contributed by atoms with Crippen molar-refractivity contribution in [1.29, 1.82) is 0 Å². The van der Waals surface area contributed by atoms with Gasteiger partial charge in [0, 0.05) is 17.8 Å². The molecule has 1 unspecified atom stereocenters. The van der Waals surface area contributed by atoms with Crippen molar-refractivity contribution in [2.24, 2.45) is 0 Å². The number of nitrogens with zero attached hydrogens (tertiary/aromatic N) is 2. The van der Waals surface area contributed by atoms with E-state index in [4.69, 9.17) is 4.74 Å². The lowest BCUT2D eigenvalue weighted by atomic mass is 10.1. The molecule has 1 fully saturated rings. The molecule has 0 aromatic carbocycles. The number of carbonyl (C=O) groups is 2. The third kappa shape index (κ3) is 3.69. The monoisotopic (exact) mass is 244 g/mol. The minimum atomic E-state index is -0.889. The molecule has 0 aromatic heterocycles. The van der Waals surface area contributed by atoms with Gasteiger partial charge in [-0.3, -0.25) is 14.9 Å². The van der Waals surface area contributed by atoms with E-state index in [9.17, 15) is 19.7 Å². The molecule has 0 saturated carbocycles. The fourth-order valence-electron chi connectivity index (χ4n) is 1.49. The van der Waals surface area contributed by atoms with Crippen LogP contribution in [0.15, 0.2) is 0 Å². The second-order valence-corrected chi connectivity index (χ2v) is 4.96. The zero-order chi connectivity index (χ0) is 13.2. The molecular weight excluding hydrogens is 228 g/mol. The summed E-state index contributed by atoms with van der Waals surface area (Å²) in [6.45, 7) is 4.81. The molecule has 2 amide bonds. The third-order valence-corrected chi connectivity index (χ3v) is 2.30. The van der Waals surface area contributed by atoms with E-state index in [1.807, 2.05) is 0 Å². The van der Waals surface area contributed by atoms with Crippen LogP contribution in [-0.2, 0) is 9.53 Å². The average Bonchev–Trinajstić information content (AvgIpc) is 2.14. The van der Waals surface area contributed by atoms with Gasteiger partial charge in [-0.15, -0.1) is 0 Å². The zero-order valence-corrected chi connectivity index (χ0v) is 10.1. The molecule has 1 saturated heterocycles. The summed E-state index contributed by atoms with van der Waals surface area (Å²) in [5.41, 5.74) is -0.723. The summed E-state index contributed by atoms with van der Waals surface area (Å²) >= 11 is 0. The lowest BCUT2D eigenvalue weighted by Gasteiger charge is -2.29. The molecule has 17 heavy (non-hydrogen) atoms. The van der Waals surface area contributed by atoms with Gasteiger partial charge in [0.2, 0.25) is 11.9 Å². The molecule has 1 heterocycles. The number of amides is 2. The predicted molar refractivity (Wildman–Crippen MR) is 58.0 cm³/mol. The van der Waals surface area contributed by atoms with Crippen LogP contribution in [0.5, 0.6) is 0 Å². The van der Waals surface area contributed by atoms with Gasteiger partial charge >= 0.3 is 6.09 Å². The first kappa shape index (κ1) is 13.4. The maximum Gasteiger partial charge on any atom is 0.417 e. The number of imide groups is 1. The summed E-state index contributed by atoms with van der Waals surface area (Å²) in [6.07, 6.45) is -0.634. The Bertz CT molecular complexity index is 347. The van der Waals surface area contributed by atoms with E-state index in [1.165, 1.54) is 0 Å². The lowest BCUT2D eigenvalue weighted by Crippen LogP contribution is -2.49. The Morgan fingerprint density at radius 1 is 1.53 bits per heavy atom. The van der Waals surface area contributed by atoms with E-state index in [0.29, 0.717) is 0 Å². The molecule has 0 N–H and O–H groups in total. The van der Waals surface area contributed by atoms with E-state index in [2.05, 4.69) is 0 Å². The second kappa shape index (κ2) is 4.68. The Morgan fingerprint density at radius 3 is 2.59 bits per heavy atom. The highest BCUT2D eigenvalue weighted by Crippen LogP contribution is 2.17. The van der Waals surface area contributed by atoms with E-state index in [1.54, 1.807) is 20.8 Å². The standard InChI is InChI=1S/C10H16N2O5/c1-10(2,3)17-9(14)11-6-7(12(15)16)4-5-8(11)13/h7H,4-6H2,1-3H3. The summed E-state index contributed by atoms with van der Waals surface area (Å²) in [4.78, 5) is 34.1. The maximum atomic E-state index is 11.7. The smallest absolute Gasteiger partial charge is 0.417 e. The SMILES string of the molecule is CC(C)(C)OC(=O)N1CC([N+](=O)[O-])CCC1=O.